The Balaban J connectivity index is 1.30. The summed E-state index contributed by atoms with van der Waals surface area (Å²) in [6, 6.07) is 6.35. The van der Waals surface area contributed by atoms with Gasteiger partial charge in [-0.25, -0.2) is 4.79 Å². The van der Waals surface area contributed by atoms with Crippen LogP contribution in [0.3, 0.4) is 0 Å². The molecule has 0 bridgehead atoms. The van der Waals surface area contributed by atoms with E-state index in [4.69, 9.17) is 9.47 Å². The van der Waals surface area contributed by atoms with Crippen LogP contribution in [0, 0.1) is 0 Å². The number of ether oxygens (including phenoxy) is 2. The third kappa shape index (κ3) is 6.83. The summed E-state index contributed by atoms with van der Waals surface area (Å²) < 4.78 is 51.5. The molecule has 1 aromatic carbocycles. The molecule has 1 atom stereocenters. The lowest BCUT2D eigenvalue weighted by atomic mass is 9.93. The summed E-state index contributed by atoms with van der Waals surface area (Å²) in [6.45, 7) is 1.91. The van der Waals surface area contributed by atoms with Gasteiger partial charge in [-0.1, -0.05) is 0 Å². The molecule has 0 radical (unpaired) electrons. The van der Waals surface area contributed by atoms with Crippen LogP contribution in [0.25, 0.3) is 0 Å². The molecule has 0 unspecified atom stereocenters. The fourth-order valence-corrected chi connectivity index (χ4v) is 4.23. The largest absolute Gasteiger partial charge is 0.487 e. The van der Waals surface area contributed by atoms with Gasteiger partial charge in [0, 0.05) is 25.0 Å². The summed E-state index contributed by atoms with van der Waals surface area (Å²) in [7, 11) is 0. The van der Waals surface area contributed by atoms with Crippen molar-refractivity contribution < 1.29 is 27.4 Å². The quantitative estimate of drug-likeness (QED) is 0.546. The zero-order valence-corrected chi connectivity index (χ0v) is 18.7. The van der Waals surface area contributed by atoms with E-state index in [0.717, 1.165) is 56.3 Å². The smallest absolute Gasteiger partial charge is 0.416 e. The molecule has 10 heteroatoms. The lowest BCUT2D eigenvalue weighted by molar-refractivity contribution is -0.137. The molecule has 2 heterocycles. The van der Waals surface area contributed by atoms with Crippen LogP contribution in [0.4, 0.5) is 23.7 Å². The summed E-state index contributed by atoms with van der Waals surface area (Å²) in [5, 5.41) is 8.59. The first-order valence-corrected chi connectivity index (χ1v) is 11.5. The number of urea groups is 1. The number of carbonyl (C=O) groups is 1. The highest BCUT2D eigenvalue weighted by molar-refractivity contribution is 5.91. The van der Waals surface area contributed by atoms with Crippen molar-refractivity contribution in [3.05, 3.63) is 53.9 Å². The van der Waals surface area contributed by atoms with Crippen molar-refractivity contribution >= 4 is 11.7 Å². The summed E-state index contributed by atoms with van der Waals surface area (Å²) in [6.07, 6.45) is 2.69. The molecule has 4 rings (SSSR count). The highest BCUT2D eigenvalue weighted by Crippen LogP contribution is 2.36. The van der Waals surface area contributed by atoms with Crippen molar-refractivity contribution in [1.82, 2.24) is 15.6 Å². The molecule has 3 N–H and O–H groups in total. The number of pyridine rings is 1. The third-order valence-corrected chi connectivity index (χ3v) is 6.11. The van der Waals surface area contributed by atoms with E-state index in [1.807, 2.05) is 12.1 Å². The third-order valence-electron chi connectivity index (χ3n) is 6.11. The first kappa shape index (κ1) is 24.3. The standard InChI is InChI=1S/C24H29F3N4O3/c25-24(26,27)17-1-6-22(34-20-9-12-29-14-20)21(13-17)31-23(32)30-18-2-4-19(5-3-18)33-15-16-7-10-28-11-8-16/h1,6-8,10-11,13,18-20,29H,2-5,9,12,14-15H2,(H2,30,31,32)/t18-,19-,20-/m0/s1. The second-order valence-electron chi connectivity index (χ2n) is 8.68. The molecule has 2 amide bonds. The molecule has 1 aliphatic heterocycles. The van der Waals surface area contributed by atoms with E-state index in [2.05, 4.69) is 20.9 Å². The number of anilines is 1. The van der Waals surface area contributed by atoms with E-state index in [9.17, 15) is 18.0 Å². The van der Waals surface area contributed by atoms with E-state index in [0.29, 0.717) is 13.2 Å². The van der Waals surface area contributed by atoms with Crippen LogP contribution in [0.5, 0.6) is 5.75 Å². The highest BCUT2D eigenvalue weighted by Gasteiger charge is 2.32. The first-order valence-electron chi connectivity index (χ1n) is 11.5. The Labute approximate surface area is 196 Å². The number of hydrogen-bond acceptors (Lipinski definition) is 5. The van der Waals surface area contributed by atoms with Gasteiger partial charge in [0.2, 0.25) is 0 Å². The normalized spacial score (nSPS) is 22.9. The van der Waals surface area contributed by atoms with Gasteiger partial charge in [-0.05, 0) is 74.5 Å². The highest BCUT2D eigenvalue weighted by atomic mass is 19.4. The number of amides is 2. The van der Waals surface area contributed by atoms with Crippen LogP contribution in [-0.4, -0.2) is 42.4 Å². The average molecular weight is 479 g/mol. The number of nitrogens with zero attached hydrogens (tertiary/aromatic N) is 1. The maximum Gasteiger partial charge on any atom is 0.416 e. The van der Waals surface area contributed by atoms with Crippen molar-refractivity contribution in [3.63, 3.8) is 0 Å². The van der Waals surface area contributed by atoms with Crippen LogP contribution >= 0.6 is 0 Å². The summed E-state index contributed by atoms with van der Waals surface area (Å²) in [4.78, 5) is 16.6. The SMILES string of the molecule is O=C(Nc1cc(C(F)(F)F)ccc1O[C@H]1CCNC1)N[C@H]1CC[C@H](OCc2ccncc2)CC1. The molecule has 2 aliphatic rings. The Hall–Kier alpha value is -2.85. The Kier molecular flexibility index (Phi) is 7.89. The van der Waals surface area contributed by atoms with Crippen LogP contribution in [0.2, 0.25) is 0 Å². The van der Waals surface area contributed by atoms with E-state index >= 15 is 0 Å². The number of aromatic nitrogens is 1. The van der Waals surface area contributed by atoms with Gasteiger partial charge < -0.3 is 25.4 Å². The van der Waals surface area contributed by atoms with E-state index in [1.165, 1.54) is 6.07 Å². The van der Waals surface area contributed by atoms with E-state index < -0.39 is 17.8 Å². The van der Waals surface area contributed by atoms with Gasteiger partial charge in [0.05, 0.1) is 24.0 Å². The number of rotatable bonds is 7. The number of halogens is 3. The van der Waals surface area contributed by atoms with Crippen molar-refractivity contribution in [2.24, 2.45) is 0 Å². The molecule has 2 fully saturated rings. The maximum atomic E-state index is 13.2. The molecule has 184 valence electrons. The summed E-state index contributed by atoms with van der Waals surface area (Å²) in [5.74, 6) is 0.227. The molecule has 34 heavy (non-hydrogen) atoms. The minimum atomic E-state index is -4.52. The second-order valence-corrected chi connectivity index (χ2v) is 8.68. The van der Waals surface area contributed by atoms with Crippen LogP contribution < -0.4 is 20.7 Å². The van der Waals surface area contributed by atoms with Gasteiger partial charge in [0.15, 0.2) is 0 Å². The molecular weight excluding hydrogens is 449 g/mol. The molecule has 1 saturated heterocycles. The lowest BCUT2D eigenvalue weighted by Gasteiger charge is -2.29. The van der Waals surface area contributed by atoms with Crippen molar-refractivity contribution in [1.29, 1.82) is 0 Å². The van der Waals surface area contributed by atoms with Gasteiger partial charge in [0.25, 0.3) is 0 Å². The predicted molar refractivity (Wildman–Crippen MR) is 121 cm³/mol. The average Bonchev–Trinajstić information content (AvgIpc) is 3.33. The van der Waals surface area contributed by atoms with Gasteiger partial charge in [-0.3, -0.25) is 4.98 Å². The monoisotopic (exact) mass is 478 g/mol. The Morgan fingerprint density at radius 1 is 1.06 bits per heavy atom. The van der Waals surface area contributed by atoms with E-state index in [-0.39, 0.29) is 29.7 Å². The minimum absolute atomic E-state index is 0.00796. The van der Waals surface area contributed by atoms with Crippen molar-refractivity contribution in [2.45, 2.75) is 63.1 Å². The number of alkyl halides is 3. The van der Waals surface area contributed by atoms with Gasteiger partial charge in [-0.2, -0.15) is 13.2 Å². The Bertz CT molecular complexity index is 944. The first-order chi connectivity index (χ1) is 16.4. The van der Waals surface area contributed by atoms with Crippen molar-refractivity contribution in [3.8, 4) is 5.75 Å². The van der Waals surface area contributed by atoms with Gasteiger partial charge >= 0.3 is 12.2 Å². The fourth-order valence-electron chi connectivity index (χ4n) is 4.23. The topological polar surface area (TPSA) is 84.5 Å². The molecule has 1 saturated carbocycles. The fraction of sp³-hybridized carbons (Fsp3) is 0.500. The molecular formula is C24H29F3N4O3. The van der Waals surface area contributed by atoms with Crippen LogP contribution in [-0.2, 0) is 17.5 Å². The predicted octanol–water partition coefficient (Wildman–Crippen LogP) is 4.49. The number of hydrogen-bond donors (Lipinski definition) is 3. The second kappa shape index (κ2) is 11.1. The number of benzene rings is 1. The zero-order chi connectivity index (χ0) is 24.0. The molecule has 2 aromatic rings. The van der Waals surface area contributed by atoms with Crippen molar-refractivity contribution in [2.75, 3.05) is 18.4 Å². The minimum Gasteiger partial charge on any atom is -0.487 e. The summed E-state index contributed by atoms with van der Waals surface area (Å²) >= 11 is 0. The summed E-state index contributed by atoms with van der Waals surface area (Å²) in [5.41, 5.74) is 0.224. The molecule has 7 nitrogen and oxygen atoms in total. The molecule has 1 aliphatic carbocycles. The Morgan fingerprint density at radius 2 is 1.82 bits per heavy atom. The number of carbonyl (C=O) groups excluding carboxylic acids is 1. The molecule has 0 spiro atoms. The number of nitrogens with one attached hydrogen (secondary N) is 3. The van der Waals surface area contributed by atoms with Crippen LogP contribution in [0.1, 0.15) is 43.2 Å². The Morgan fingerprint density at radius 3 is 2.50 bits per heavy atom. The molecule has 1 aromatic heterocycles. The lowest BCUT2D eigenvalue weighted by Crippen LogP contribution is -2.41. The zero-order valence-electron chi connectivity index (χ0n) is 18.7. The van der Waals surface area contributed by atoms with Gasteiger partial charge in [0.1, 0.15) is 11.9 Å². The van der Waals surface area contributed by atoms with E-state index in [1.54, 1.807) is 12.4 Å². The maximum absolute atomic E-state index is 13.2. The van der Waals surface area contributed by atoms with Crippen LogP contribution in [0.15, 0.2) is 42.7 Å². The van der Waals surface area contributed by atoms with Gasteiger partial charge in [-0.15, -0.1) is 0 Å².